The maximum atomic E-state index is 11.9. The lowest BCUT2D eigenvalue weighted by molar-refractivity contribution is 0.374. The van der Waals surface area contributed by atoms with Crippen LogP contribution in [0.1, 0.15) is 11.7 Å². The molecule has 0 saturated heterocycles. The predicted molar refractivity (Wildman–Crippen MR) is 72.1 cm³/mol. The molecule has 0 fully saturated rings. The SMILES string of the molecule is O=c1[nH]c(CNCCc2ncno2)nc2ccccc12. The number of H-pyrrole nitrogens is 1. The van der Waals surface area contributed by atoms with Gasteiger partial charge in [0.1, 0.15) is 5.82 Å². The van der Waals surface area contributed by atoms with Gasteiger partial charge in [-0.1, -0.05) is 17.3 Å². The average molecular weight is 271 g/mol. The molecule has 0 aliphatic heterocycles. The average Bonchev–Trinajstić information content (AvgIpc) is 2.97. The lowest BCUT2D eigenvalue weighted by Gasteiger charge is -2.04. The first-order valence-electron chi connectivity index (χ1n) is 6.27. The minimum Gasteiger partial charge on any atom is -0.340 e. The third-order valence-corrected chi connectivity index (χ3v) is 2.88. The Morgan fingerprint density at radius 2 is 2.20 bits per heavy atom. The second kappa shape index (κ2) is 5.62. The Kier molecular flexibility index (Phi) is 3.51. The molecule has 0 amide bonds. The highest BCUT2D eigenvalue weighted by Crippen LogP contribution is 2.05. The van der Waals surface area contributed by atoms with E-state index in [4.69, 9.17) is 4.52 Å². The molecular formula is C13H13N5O2. The number of para-hydroxylation sites is 1. The van der Waals surface area contributed by atoms with Gasteiger partial charge in [0.05, 0.1) is 17.4 Å². The third-order valence-electron chi connectivity index (χ3n) is 2.88. The van der Waals surface area contributed by atoms with Crippen molar-refractivity contribution >= 4 is 10.9 Å². The molecule has 20 heavy (non-hydrogen) atoms. The molecule has 0 radical (unpaired) electrons. The molecule has 2 aromatic heterocycles. The van der Waals surface area contributed by atoms with Gasteiger partial charge in [0, 0.05) is 13.0 Å². The summed E-state index contributed by atoms with van der Waals surface area (Å²) in [5, 5.41) is 7.30. The topological polar surface area (TPSA) is 96.7 Å². The summed E-state index contributed by atoms with van der Waals surface area (Å²) >= 11 is 0. The minimum atomic E-state index is -0.121. The van der Waals surface area contributed by atoms with E-state index in [9.17, 15) is 4.79 Å². The summed E-state index contributed by atoms with van der Waals surface area (Å²) in [6.07, 6.45) is 2.01. The number of rotatable bonds is 5. The maximum absolute atomic E-state index is 11.9. The largest absolute Gasteiger partial charge is 0.340 e. The van der Waals surface area contributed by atoms with Crippen LogP contribution in [0.2, 0.25) is 0 Å². The molecule has 1 aromatic carbocycles. The number of nitrogens with one attached hydrogen (secondary N) is 2. The molecule has 102 valence electrons. The summed E-state index contributed by atoms with van der Waals surface area (Å²) < 4.78 is 4.89. The number of nitrogens with zero attached hydrogens (tertiary/aromatic N) is 3. The summed E-state index contributed by atoms with van der Waals surface area (Å²) in [7, 11) is 0. The molecule has 0 atom stereocenters. The van der Waals surface area contributed by atoms with Crippen LogP contribution in [0.5, 0.6) is 0 Å². The van der Waals surface area contributed by atoms with Gasteiger partial charge in [-0.15, -0.1) is 0 Å². The zero-order valence-corrected chi connectivity index (χ0v) is 10.7. The predicted octanol–water partition coefficient (Wildman–Crippen LogP) is 0.638. The molecule has 0 saturated carbocycles. The summed E-state index contributed by atoms with van der Waals surface area (Å²) in [4.78, 5) is 23.0. The van der Waals surface area contributed by atoms with Crippen molar-refractivity contribution in [3.63, 3.8) is 0 Å². The Bertz CT molecular complexity index is 751. The van der Waals surface area contributed by atoms with Crippen molar-refractivity contribution in [2.45, 2.75) is 13.0 Å². The molecule has 2 N–H and O–H groups in total. The zero-order chi connectivity index (χ0) is 13.8. The van der Waals surface area contributed by atoms with Gasteiger partial charge in [0.15, 0.2) is 6.33 Å². The monoisotopic (exact) mass is 271 g/mol. The summed E-state index contributed by atoms with van der Waals surface area (Å²) in [5.74, 6) is 1.19. The van der Waals surface area contributed by atoms with Crippen molar-refractivity contribution in [2.75, 3.05) is 6.54 Å². The first-order chi connectivity index (χ1) is 9.83. The molecular weight excluding hydrogens is 258 g/mol. The van der Waals surface area contributed by atoms with Gasteiger partial charge in [-0.25, -0.2) is 4.98 Å². The molecule has 3 rings (SSSR count). The first-order valence-corrected chi connectivity index (χ1v) is 6.27. The summed E-state index contributed by atoms with van der Waals surface area (Å²) in [5.41, 5.74) is 0.578. The van der Waals surface area contributed by atoms with Crippen LogP contribution in [-0.2, 0) is 13.0 Å². The van der Waals surface area contributed by atoms with Crippen LogP contribution in [0, 0.1) is 0 Å². The van der Waals surface area contributed by atoms with E-state index in [0.717, 1.165) is 0 Å². The number of aromatic amines is 1. The van der Waals surface area contributed by atoms with Gasteiger partial charge in [-0.3, -0.25) is 4.79 Å². The van der Waals surface area contributed by atoms with E-state index in [2.05, 4.69) is 25.4 Å². The van der Waals surface area contributed by atoms with Crippen molar-refractivity contribution in [3.05, 3.63) is 52.7 Å². The van der Waals surface area contributed by atoms with Crippen LogP contribution in [0.25, 0.3) is 10.9 Å². The molecule has 7 heteroatoms. The third kappa shape index (κ3) is 2.72. The van der Waals surface area contributed by atoms with E-state index < -0.39 is 0 Å². The number of hydrogen-bond donors (Lipinski definition) is 2. The molecule has 2 heterocycles. The molecule has 0 unspecified atom stereocenters. The molecule has 0 aliphatic rings. The Morgan fingerprint density at radius 1 is 1.30 bits per heavy atom. The molecule has 7 nitrogen and oxygen atoms in total. The minimum absolute atomic E-state index is 0.121. The van der Waals surface area contributed by atoms with Crippen molar-refractivity contribution in [3.8, 4) is 0 Å². The summed E-state index contributed by atoms with van der Waals surface area (Å²) in [6.45, 7) is 1.15. The number of hydrogen-bond acceptors (Lipinski definition) is 6. The normalized spacial score (nSPS) is 11.0. The Hall–Kier alpha value is -2.54. The standard InChI is InChI=1S/C13H13N5O2/c19-13-9-3-1-2-4-10(9)17-11(18-13)7-14-6-5-12-15-8-16-20-12/h1-4,8,14H,5-7H2,(H,17,18,19). The fourth-order valence-corrected chi connectivity index (χ4v) is 1.93. The van der Waals surface area contributed by atoms with E-state index in [0.29, 0.717) is 42.1 Å². The van der Waals surface area contributed by atoms with Gasteiger partial charge in [0.25, 0.3) is 5.56 Å². The smallest absolute Gasteiger partial charge is 0.258 e. The molecule has 3 aromatic rings. The lowest BCUT2D eigenvalue weighted by Crippen LogP contribution is -2.21. The highest BCUT2D eigenvalue weighted by Gasteiger charge is 2.03. The Labute approximate surface area is 114 Å². The Balaban J connectivity index is 1.64. The van der Waals surface area contributed by atoms with Gasteiger partial charge in [-0.2, -0.15) is 4.98 Å². The van der Waals surface area contributed by atoms with E-state index in [-0.39, 0.29) is 5.56 Å². The molecule has 0 spiro atoms. The van der Waals surface area contributed by atoms with E-state index in [1.807, 2.05) is 18.2 Å². The van der Waals surface area contributed by atoms with Crippen molar-refractivity contribution < 1.29 is 4.52 Å². The van der Waals surface area contributed by atoms with Gasteiger partial charge in [0.2, 0.25) is 5.89 Å². The van der Waals surface area contributed by atoms with Gasteiger partial charge in [-0.05, 0) is 12.1 Å². The molecule has 0 bridgehead atoms. The highest BCUT2D eigenvalue weighted by atomic mass is 16.5. The fourth-order valence-electron chi connectivity index (χ4n) is 1.93. The van der Waals surface area contributed by atoms with Crippen molar-refractivity contribution in [2.24, 2.45) is 0 Å². The fraction of sp³-hybridized carbons (Fsp3) is 0.231. The van der Waals surface area contributed by atoms with Crippen LogP contribution in [0.15, 0.2) is 39.9 Å². The summed E-state index contributed by atoms with van der Waals surface area (Å²) in [6, 6.07) is 7.27. The van der Waals surface area contributed by atoms with Crippen molar-refractivity contribution in [1.82, 2.24) is 25.4 Å². The van der Waals surface area contributed by atoms with Crippen LogP contribution < -0.4 is 10.9 Å². The van der Waals surface area contributed by atoms with E-state index >= 15 is 0 Å². The lowest BCUT2D eigenvalue weighted by atomic mass is 10.2. The second-order valence-corrected chi connectivity index (χ2v) is 4.29. The second-order valence-electron chi connectivity index (χ2n) is 4.29. The highest BCUT2D eigenvalue weighted by molar-refractivity contribution is 5.77. The van der Waals surface area contributed by atoms with Gasteiger partial charge < -0.3 is 14.8 Å². The first kappa shape index (κ1) is 12.5. The van der Waals surface area contributed by atoms with E-state index in [1.54, 1.807) is 6.07 Å². The van der Waals surface area contributed by atoms with Crippen LogP contribution in [-0.4, -0.2) is 26.7 Å². The quantitative estimate of drug-likeness (QED) is 0.661. The van der Waals surface area contributed by atoms with Gasteiger partial charge >= 0.3 is 0 Å². The maximum Gasteiger partial charge on any atom is 0.258 e. The zero-order valence-electron chi connectivity index (χ0n) is 10.7. The number of aromatic nitrogens is 4. The number of benzene rings is 1. The van der Waals surface area contributed by atoms with Crippen LogP contribution >= 0.6 is 0 Å². The van der Waals surface area contributed by atoms with Crippen LogP contribution in [0.4, 0.5) is 0 Å². The number of fused-ring (bicyclic) bond motifs is 1. The molecule has 0 aliphatic carbocycles. The Morgan fingerprint density at radius 3 is 3.05 bits per heavy atom. The van der Waals surface area contributed by atoms with E-state index in [1.165, 1.54) is 6.33 Å². The van der Waals surface area contributed by atoms with Crippen LogP contribution in [0.3, 0.4) is 0 Å². The van der Waals surface area contributed by atoms with Crippen molar-refractivity contribution in [1.29, 1.82) is 0 Å².